The Morgan fingerprint density at radius 1 is 0.962 bits per heavy atom. The van der Waals surface area contributed by atoms with Crippen molar-refractivity contribution >= 4 is 33.1 Å². The van der Waals surface area contributed by atoms with E-state index in [0.717, 1.165) is 33.3 Å². The van der Waals surface area contributed by atoms with Crippen LogP contribution in [-0.4, -0.2) is 24.4 Å². The standard InChI is InChI=1S/C23H22N2O/c1-15-8-10-17(11-9-15)23(26)19-14-25(4)22-18(19)13-12-16-6-5-7-20(21(16)22)24(2)3/h5-14H,1-4H3. The number of hydrogen-bond donors (Lipinski definition) is 0. The van der Waals surface area contributed by atoms with Crippen LogP contribution in [0.15, 0.2) is 60.8 Å². The molecule has 0 atom stereocenters. The van der Waals surface area contributed by atoms with Crippen molar-refractivity contribution in [3.8, 4) is 0 Å². The molecule has 0 saturated carbocycles. The van der Waals surface area contributed by atoms with Crippen LogP contribution in [0.2, 0.25) is 0 Å². The zero-order valence-corrected chi connectivity index (χ0v) is 15.6. The van der Waals surface area contributed by atoms with Crippen molar-refractivity contribution in [1.29, 1.82) is 0 Å². The summed E-state index contributed by atoms with van der Waals surface area (Å²) in [6, 6.07) is 18.3. The third kappa shape index (κ3) is 2.48. The highest BCUT2D eigenvalue weighted by molar-refractivity contribution is 6.22. The monoisotopic (exact) mass is 342 g/mol. The quantitative estimate of drug-likeness (QED) is 0.493. The van der Waals surface area contributed by atoms with Gasteiger partial charge in [-0.25, -0.2) is 0 Å². The molecule has 0 spiro atoms. The Hall–Kier alpha value is -3.07. The normalized spacial score (nSPS) is 11.2. The average molecular weight is 342 g/mol. The van der Waals surface area contributed by atoms with Crippen LogP contribution in [0.5, 0.6) is 0 Å². The lowest BCUT2D eigenvalue weighted by Crippen LogP contribution is -2.09. The van der Waals surface area contributed by atoms with Gasteiger partial charge in [0.15, 0.2) is 5.78 Å². The summed E-state index contributed by atoms with van der Waals surface area (Å²) >= 11 is 0. The smallest absolute Gasteiger partial charge is 0.195 e. The second kappa shape index (κ2) is 6.03. The predicted molar refractivity (Wildman–Crippen MR) is 109 cm³/mol. The zero-order chi connectivity index (χ0) is 18.4. The van der Waals surface area contributed by atoms with E-state index in [1.54, 1.807) is 0 Å². The molecule has 0 unspecified atom stereocenters. The molecule has 0 aliphatic heterocycles. The van der Waals surface area contributed by atoms with E-state index in [9.17, 15) is 4.79 Å². The summed E-state index contributed by atoms with van der Waals surface area (Å²) < 4.78 is 2.08. The average Bonchev–Trinajstić information content (AvgIpc) is 2.98. The van der Waals surface area contributed by atoms with Crippen molar-refractivity contribution in [1.82, 2.24) is 4.57 Å². The molecule has 0 aliphatic rings. The number of aryl methyl sites for hydroxylation is 2. The number of carbonyl (C=O) groups is 1. The Morgan fingerprint density at radius 2 is 1.69 bits per heavy atom. The third-order valence-corrected chi connectivity index (χ3v) is 5.00. The SMILES string of the molecule is Cc1ccc(C(=O)c2cn(C)c3c2ccc2cccc(N(C)C)c23)cc1. The summed E-state index contributed by atoms with van der Waals surface area (Å²) in [5.41, 5.74) is 4.89. The molecule has 130 valence electrons. The fourth-order valence-corrected chi connectivity index (χ4v) is 3.67. The second-order valence-corrected chi connectivity index (χ2v) is 7.08. The molecule has 0 aliphatic carbocycles. The Labute approximate surface area is 153 Å². The molecule has 1 heterocycles. The first-order valence-corrected chi connectivity index (χ1v) is 8.77. The molecule has 26 heavy (non-hydrogen) atoms. The molecule has 0 bridgehead atoms. The molecule has 0 fully saturated rings. The summed E-state index contributed by atoms with van der Waals surface area (Å²) in [7, 11) is 6.12. The van der Waals surface area contributed by atoms with Crippen LogP contribution in [-0.2, 0) is 7.05 Å². The van der Waals surface area contributed by atoms with Gasteiger partial charge < -0.3 is 9.47 Å². The topological polar surface area (TPSA) is 25.2 Å². The van der Waals surface area contributed by atoms with Gasteiger partial charge in [0.1, 0.15) is 0 Å². The van der Waals surface area contributed by atoms with Gasteiger partial charge in [-0.3, -0.25) is 4.79 Å². The van der Waals surface area contributed by atoms with Crippen LogP contribution < -0.4 is 4.90 Å². The minimum atomic E-state index is 0.0669. The highest BCUT2D eigenvalue weighted by Crippen LogP contribution is 2.35. The van der Waals surface area contributed by atoms with Gasteiger partial charge >= 0.3 is 0 Å². The van der Waals surface area contributed by atoms with E-state index in [-0.39, 0.29) is 5.78 Å². The number of hydrogen-bond acceptors (Lipinski definition) is 2. The van der Waals surface area contributed by atoms with Crippen molar-refractivity contribution < 1.29 is 4.79 Å². The van der Waals surface area contributed by atoms with E-state index < -0.39 is 0 Å². The van der Waals surface area contributed by atoms with Crippen LogP contribution in [0, 0.1) is 6.92 Å². The van der Waals surface area contributed by atoms with Crippen LogP contribution in [0.4, 0.5) is 5.69 Å². The Kier molecular flexibility index (Phi) is 3.80. The molecule has 4 rings (SSSR count). The molecule has 3 heteroatoms. The molecular formula is C23H22N2O. The Bertz CT molecular complexity index is 1130. The predicted octanol–water partition coefficient (Wildman–Crippen LogP) is 4.94. The van der Waals surface area contributed by atoms with E-state index in [2.05, 4.69) is 53.9 Å². The maximum absolute atomic E-state index is 13.1. The van der Waals surface area contributed by atoms with Gasteiger partial charge in [0.2, 0.25) is 0 Å². The highest BCUT2D eigenvalue weighted by Gasteiger charge is 2.18. The minimum Gasteiger partial charge on any atom is -0.377 e. The highest BCUT2D eigenvalue weighted by atomic mass is 16.1. The van der Waals surface area contributed by atoms with Crippen molar-refractivity contribution in [3.63, 3.8) is 0 Å². The Morgan fingerprint density at radius 3 is 2.38 bits per heavy atom. The number of rotatable bonds is 3. The maximum Gasteiger partial charge on any atom is 0.195 e. The maximum atomic E-state index is 13.1. The van der Waals surface area contributed by atoms with E-state index in [0.29, 0.717) is 0 Å². The number of nitrogens with zero attached hydrogens (tertiary/aromatic N) is 2. The largest absolute Gasteiger partial charge is 0.377 e. The molecule has 0 radical (unpaired) electrons. The molecular weight excluding hydrogens is 320 g/mol. The third-order valence-electron chi connectivity index (χ3n) is 5.00. The van der Waals surface area contributed by atoms with Gasteiger partial charge in [-0.1, -0.05) is 54.1 Å². The first-order valence-electron chi connectivity index (χ1n) is 8.77. The summed E-state index contributed by atoms with van der Waals surface area (Å²) in [5.74, 6) is 0.0669. The molecule has 0 saturated heterocycles. The first-order chi connectivity index (χ1) is 12.5. The van der Waals surface area contributed by atoms with Crippen LogP contribution in [0.1, 0.15) is 21.5 Å². The van der Waals surface area contributed by atoms with E-state index in [4.69, 9.17) is 0 Å². The molecule has 1 aromatic heterocycles. The van der Waals surface area contributed by atoms with Gasteiger partial charge in [0.25, 0.3) is 0 Å². The molecule has 0 amide bonds. The lowest BCUT2D eigenvalue weighted by atomic mass is 9.99. The number of anilines is 1. The summed E-state index contributed by atoms with van der Waals surface area (Å²) in [6.45, 7) is 2.03. The number of fused-ring (bicyclic) bond motifs is 3. The number of carbonyl (C=O) groups excluding carboxylic acids is 1. The summed E-state index contributed by atoms with van der Waals surface area (Å²) in [6.07, 6.45) is 1.96. The van der Waals surface area contributed by atoms with Gasteiger partial charge in [0, 0.05) is 54.9 Å². The van der Waals surface area contributed by atoms with E-state index in [1.165, 1.54) is 10.8 Å². The van der Waals surface area contributed by atoms with Crippen molar-refractivity contribution in [2.24, 2.45) is 7.05 Å². The number of benzene rings is 3. The number of aromatic nitrogens is 1. The lowest BCUT2D eigenvalue weighted by Gasteiger charge is -2.16. The van der Waals surface area contributed by atoms with Crippen LogP contribution in [0.25, 0.3) is 21.7 Å². The van der Waals surface area contributed by atoms with E-state index in [1.807, 2.05) is 44.4 Å². The van der Waals surface area contributed by atoms with Crippen LogP contribution >= 0.6 is 0 Å². The summed E-state index contributed by atoms with van der Waals surface area (Å²) in [4.78, 5) is 15.2. The van der Waals surface area contributed by atoms with E-state index >= 15 is 0 Å². The fraction of sp³-hybridized carbons (Fsp3) is 0.174. The van der Waals surface area contributed by atoms with Crippen molar-refractivity contribution in [2.45, 2.75) is 6.92 Å². The van der Waals surface area contributed by atoms with Gasteiger partial charge in [-0.2, -0.15) is 0 Å². The van der Waals surface area contributed by atoms with Crippen molar-refractivity contribution in [2.75, 3.05) is 19.0 Å². The molecule has 3 nitrogen and oxygen atoms in total. The van der Waals surface area contributed by atoms with Crippen LogP contribution in [0.3, 0.4) is 0 Å². The lowest BCUT2D eigenvalue weighted by molar-refractivity contribution is 0.104. The van der Waals surface area contributed by atoms with Crippen molar-refractivity contribution in [3.05, 3.63) is 77.5 Å². The zero-order valence-electron chi connectivity index (χ0n) is 15.6. The van der Waals surface area contributed by atoms with Gasteiger partial charge in [0.05, 0.1) is 5.52 Å². The second-order valence-electron chi connectivity index (χ2n) is 7.08. The number of ketones is 1. The summed E-state index contributed by atoms with van der Waals surface area (Å²) in [5, 5.41) is 3.36. The molecule has 3 aromatic carbocycles. The molecule has 4 aromatic rings. The minimum absolute atomic E-state index is 0.0669. The van der Waals surface area contributed by atoms with Gasteiger partial charge in [-0.05, 0) is 18.4 Å². The Balaban J connectivity index is 2.00. The molecule has 0 N–H and O–H groups in total. The fourth-order valence-electron chi connectivity index (χ4n) is 3.67. The first kappa shape index (κ1) is 16.4. The van der Waals surface area contributed by atoms with Gasteiger partial charge in [-0.15, -0.1) is 0 Å².